The molecular formula is C20H23N3O2. The van der Waals surface area contributed by atoms with Crippen LogP contribution in [0, 0.1) is 20.8 Å². The fourth-order valence-corrected chi connectivity index (χ4v) is 3.43. The van der Waals surface area contributed by atoms with Crippen LogP contribution in [-0.2, 0) is 17.9 Å². The van der Waals surface area contributed by atoms with E-state index in [1.807, 2.05) is 64.1 Å². The molecule has 0 bridgehead atoms. The molecule has 5 nitrogen and oxygen atoms in total. The molecule has 0 radical (unpaired) electrons. The van der Waals surface area contributed by atoms with Gasteiger partial charge in [0.1, 0.15) is 6.54 Å². The summed E-state index contributed by atoms with van der Waals surface area (Å²) in [6.45, 7) is 8.49. The summed E-state index contributed by atoms with van der Waals surface area (Å²) >= 11 is 0. The van der Waals surface area contributed by atoms with Crippen LogP contribution >= 0.6 is 0 Å². The van der Waals surface area contributed by atoms with Crippen molar-refractivity contribution in [2.24, 2.45) is 0 Å². The zero-order chi connectivity index (χ0) is 18.1. The standard InChI is InChI=1S/C20H23N3O2/c1-5-22-16-8-6-7-9-17(16)23(20(22)25)12-18(24)21-19-14(3)10-13(2)11-15(19)4/h6-11H,5,12H2,1-4H3,(H,21,24). The largest absolute Gasteiger partial charge is 0.329 e. The summed E-state index contributed by atoms with van der Waals surface area (Å²) in [5, 5.41) is 2.97. The molecule has 0 saturated carbocycles. The lowest BCUT2D eigenvalue weighted by Crippen LogP contribution is -2.29. The van der Waals surface area contributed by atoms with Crippen molar-refractivity contribution in [3.8, 4) is 0 Å². The van der Waals surface area contributed by atoms with E-state index >= 15 is 0 Å². The number of carbonyl (C=O) groups excluding carboxylic acids is 1. The van der Waals surface area contributed by atoms with E-state index in [0.717, 1.165) is 33.4 Å². The third kappa shape index (κ3) is 3.09. The highest BCUT2D eigenvalue weighted by molar-refractivity contribution is 5.93. The maximum Gasteiger partial charge on any atom is 0.329 e. The smallest absolute Gasteiger partial charge is 0.324 e. The minimum absolute atomic E-state index is 0.000890. The van der Waals surface area contributed by atoms with E-state index in [4.69, 9.17) is 0 Å². The number of nitrogens with one attached hydrogen (secondary N) is 1. The van der Waals surface area contributed by atoms with Gasteiger partial charge in [-0.3, -0.25) is 13.9 Å². The number of hydrogen-bond donors (Lipinski definition) is 1. The third-order valence-corrected chi connectivity index (χ3v) is 4.48. The topological polar surface area (TPSA) is 56.0 Å². The van der Waals surface area contributed by atoms with Gasteiger partial charge >= 0.3 is 5.69 Å². The summed E-state index contributed by atoms with van der Waals surface area (Å²) in [7, 11) is 0. The lowest BCUT2D eigenvalue weighted by Gasteiger charge is -2.13. The van der Waals surface area contributed by atoms with Gasteiger partial charge in [-0.2, -0.15) is 0 Å². The van der Waals surface area contributed by atoms with Gasteiger partial charge in [-0.15, -0.1) is 0 Å². The number of fused-ring (bicyclic) bond motifs is 1. The van der Waals surface area contributed by atoms with Crippen molar-refractivity contribution in [3.63, 3.8) is 0 Å². The Balaban J connectivity index is 1.94. The number of anilines is 1. The Bertz CT molecular complexity index is 988. The Labute approximate surface area is 146 Å². The van der Waals surface area contributed by atoms with Crippen LogP contribution in [0.25, 0.3) is 11.0 Å². The van der Waals surface area contributed by atoms with Gasteiger partial charge in [-0.1, -0.05) is 29.8 Å². The van der Waals surface area contributed by atoms with E-state index in [2.05, 4.69) is 5.32 Å². The Morgan fingerprint density at radius 1 is 1.00 bits per heavy atom. The first kappa shape index (κ1) is 17.0. The fourth-order valence-electron chi connectivity index (χ4n) is 3.43. The highest BCUT2D eigenvalue weighted by atomic mass is 16.2. The molecule has 3 aromatic rings. The molecule has 0 unspecified atom stereocenters. The number of benzene rings is 2. The van der Waals surface area contributed by atoms with E-state index in [1.165, 1.54) is 4.57 Å². The number of rotatable bonds is 4. The highest BCUT2D eigenvalue weighted by Crippen LogP contribution is 2.22. The van der Waals surface area contributed by atoms with Crippen molar-refractivity contribution in [2.45, 2.75) is 40.8 Å². The van der Waals surface area contributed by atoms with Crippen molar-refractivity contribution < 1.29 is 4.79 Å². The Morgan fingerprint density at radius 3 is 2.12 bits per heavy atom. The van der Waals surface area contributed by atoms with Gasteiger partial charge in [0.05, 0.1) is 11.0 Å². The number of amides is 1. The van der Waals surface area contributed by atoms with Crippen LogP contribution in [0.3, 0.4) is 0 Å². The summed E-state index contributed by atoms with van der Waals surface area (Å²) in [5.74, 6) is -0.198. The number of imidazole rings is 1. The second kappa shape index (κ2) is 6.59. The third-order valence-electron chi connectivity index (χ3n) is 4.48. The second-order valence-electron chi connectivity index (χ2n) is 6.42. The predicted octanol–water partition coefficient (Wildman–Crippen LogP) is 3.39. The van der Waals surface area contributed by atoms with Gasteiger partial charge in [0.2, 0.25) is 5.91 Å². The highest BCUT2D eigenvalue weighted by Gasteiger charge is 2.15. The van der Waals surface area contributed by atoms with Gasteiger partial charge in [-0.25, -0.2) is 4.79 Å². The van der Waals surface area contributed by atoms with E-state index in [1.54, 1.807) is 4.57 Å². The van der Waals surface area contributed by atoms with Crippen molar-refractivity contribution in [2.75, 3.05) is 5.32 Å². The van der Waals surface area contributed by atoms with Crippen LogP contribution in [0.15, 0.2) is 41.2 Å². The van der Waals surface area contributed by atoms with Crippen LogP contribution < -0.4 is 11.0 Å². The zero-order valence-electron chi connectivity index (χ0n) is 15.1. The van der Waals surface area contributed by atoms with Crippen LogP contribution in [0.5, 0.6) is 0 Å². The van der Waals surface area contributed by atoms with Crippen molar-refractivity contribution in [1.29, 1.82) is 0 Å². The van der Waals surface area contributed by atoms with Crippen LogP contribution in [-0.4, -0.2) is 15.0 Å². The molecule has 0 fully saturated rings. The number of aryl methyl sites for hydroxylation is 4. The molecule has 0 atom stereocenters. The number of para-hydroxylation sites is 2. The molecule has 0 aliphatic heterocycles. The maximum atomic E-state index is 12.6. The van der Waals surface area contributed by atoms with E-state index in [0.29, 0.717) is 6.54 Å². The van der Waals surface area contributed by atoms with Crippen molar-refractivity contribution >= 4 is 22.6 Å². The minimum atomic E-state index is -0.198. The molecule has 1 heterocycles. The molecule has 3 rings (SSSR count). The van der Waals surface area contributed by atoms with E-state index in [9.17, 15) is 9.59 Å². The molecular weight excluding hydrogens is 314 g/mol. The first-order valence-electron chi connectivity index (χ1n) is 8.48. The Morgan fingerprint density at radius 2 is 1.56 bits per heavy atom. The monoisotopic (exact) mass is 337 g/mol. The Kier molecular flexibility index (Phi) is 4.49. The summed E-state index contributed by atoms with van der Waals surface area (Å²) in [6.07, 6.45) is 0. The van der Waals surface area contributed by atoms with E-state index in [-0.39, 0.29) is 18.1 Å². The molecule has 1 N–H and O–H groups in total. The number of nitrogens with zero attached hydrogens (tertiary/aromatic N) is 2. The Hall–Kier alpha value is -2.82. The first-order chi connectivity index (χ1) is 11.9. The maximum absolute atomic E-state index is 12.6. The number of carbonyl (C=O) groups is 1. The molecule has 1 aromatic heterocycles. The van der Waals surface area contributed by atoms with Crippen molar-refractivity contribution in [1.82, 2.24) is 9.13 Å². The van der Waals surface area contributed by atoms with Gasteiger partial charge in [0.25, 0.3) is 0 Å². The molecule has 0 spiro atoms. The summed E-state index contributed by atoms with van der Waals surface area (Å²) in [5.41, 5.74) is 5.50. The molecule has 0 aliphatic rings. The lowest BCUT2D eigenvalue weighted by molar-refractivity contribution is -0.116. The number of aromatic nitrogens is 2. The van der Waals surface area contributed by atoms with Crippen molar-refractivity contribution in [3.05, 3.63) is 63.6 Å². The zero-order valence-corrected chi connectivity index (χ0v) is 15.1. The molecule has 25 heavy (non-hydrogen) atoms. The first-order valence-corrected chi connectivity index (χ1v) is 8.48. The van der Waals surface area contributed by atoms with Gasteiger partial charge in [0, 0.05) is 12.2 Å². The van der Waals surface area contributed by atoms with Crippen LogP contribution in [0.2, 0.25) is 0 Å². The van der Waals surface area contributed by atoms with Gasteiger partial charge < -0.3 is 5.32 Å². The summed E-state index contributed by atoms with van der Waals surface area (Å²) < 4.78 is 3.22. The van der Waals surface area contributed by atoms with Gasteiger partial charge in [-0.05, 0) is 51.0 Å². The fraction of sp³-hybridized carbons (Fsp3) is 0.300. The molecule has 0 saturated heterocycles. The van der Waals surface area contributed by atoms with Crippen LogP contribution in [0.4, 0.5) is 5.69 Å². The lowest BCUT2D eigenvalue weighted by atomic mass is 10.1. The average molecular weight is 337 g/mol. The minimum Gasteiger partial charge on any atom is -0.324 e. The molecule has 0 aliphatic carbocycles. The second-order valence-corrected chi connectivity index (χ2v) is 6.42. The SMILES string of the molecule is CCn1c(=O)n(CC(=O)Nc2c(C)cc(C)cc2C)c2ccccc21. The predicted molar refractivity (Wildman–Crippen MR) is 101 cm³/mol. The molecule has 130 valence electrons. The average Bonchev–Trinajstić information content (AvgIpc) is 2.83. The normalized spacial score (nSPS) is 11.0. The summed E-state index contributed by atoms with van der Waals surface area (Å²) in [4.78, 5) is 25.2. The van der Waals surface area contributed by atoms with Gasteiger partial charge in [0.15, 0.2) is 0 Å². The quantitative estimate of drug-likeness (QED) is 0.793. The van der Waals surface area contributed by atoms with Crippen LogP contribution in [0.1, 0.15) is 23.6 Å². The molecule has 5 heteroatoms. The van der Waals surface area contributed by atoms with E-state index < -0.39 is 0 Å². The molecule has 2 aromatic carbocycles. The molecule has 1 amide bonds. The number of hydrogen-bond acceptors (Lipinski definition) is 2. The summed E-state index contributed by atoms with van der Waals surface area (Å²) in [6, 6.07) is 11.6.